The van der Waals surface area contributed by atoms with Crippen LogP contribution >= 0.6 is 0 Å². The quantitative estimate of drug-likeness (QED) is 0.548. The Morgan fingerprint density at radius 3 is 2.78 bits per heavy atom. The summed E-state index contributed by atoms with van der Waals surface area (Å²) in [5, 5.41) is 26.0. The number of pyridine rings is 1. The minimum absolute atomic E-state index is 0.0255. The van der Waals surface area contributed by atoms with E-state index in [0.29, 0.717) is 11.3 Å². The Morgan fingerprint density at radius 1 is 1.22 bits per heavy atom. The molecule has 2 heterocycles. The molecule has 0 spiro atoms. The van der Waals surface area contributed by atoms with Gasteiger partial charge in [0.05, 0.1) is 10.6 Å². The normalized spacial score (nSPS) is 10.3. The van der Waals surface area contributed by atoms with Crippen LogP contribution in [0.25, 0.3) is 11.3 Å². The number of aromatic nitrogens is 5. The second-order valence-corrected chi connectivity index (χ2v) is 4.41. The van der Waals surface area contributed by atoms with E-state index in [2.05, 4.69) is 30.9 Å². The smallest absolute Gasteiger partial charge is 0.276 e. The van der Waals surface area contributed by atoms with Crippen LogP contribution in [0.4, 0.5) is 11.6 Å². The number of hydrogen-bond acceptors (Lipinski definition) is 7. The Balaban J connectivity index is 1.89. The maximum Gasteiger partial charge on any atom is 0.276 e. The second kappa shape index (κ2) is 5.97. The molecule has 23 heavy (non-hydrogen) atoms. The highest BCUT2D eigenvalue weighted by Gasteiger charge is 2.13. The van der Waals surface area contributed by atoms with Crippen molar-refractivity contribution in [3.63, 3.8) is 0 Å². The van der Waals surface area contributed by atoms with Gasteiger partial charge in [0.1, 0.15) is 5.69 Å². The first-order valence-corrected chi connectivity index (χ1v) is 6.40. The topological polar surface area (TPSA) is 140 Å². The Bertz CT molecular complexity index is 864. The van der Waals surface area contributed by atoms with Gasteiger partial charge in [-0.1, -0.05) is 23.3 Å². The molecule has 0 aliphatic rings. The predicted octanol–water partition coefficient (Wildman–Crippen LogP) is 1.42. The van der Waals surface area contributed by atoms with Crippen molar-refractivity contribution in [3.05, 3.63) is 58.3 Å². The first-order chi connectivity index (χ1) is 11.1. The van der Waals surface area contributed by atoms with Crippen LogP contribution in [0.1, 0.15) is 10.5 Å². The summed E-state index contributed by atoms with van der Waals surface area (Å²) in [5.41, 5.74) is 1.05. The first kappa shape index (κ1) is 14.3. The van der Waals surface area contributed by atoms with Crippen molar-refractivity contribution < 1.29 is 9.72 Å². The molecule has 0 radical (unpaired) electrons. The molecular formula is C13H9N7O3. The van der Waals surface area contributed by atoms with E-state index < -0.39 is 10.8 Å². The number of aromatic amines is 1. The molecule has 0 saturated carbocycles. The van der Waals surface area contributed by atoms with Gasteiger partial charge in [0.25, 0.3) is 17.5 Å². The summed E-state index contributed by atoms with van der Waals surface area (Å²) in [7, 11) is 0. The van der Waals surface area contributed by atoms with Crippen molar-refractivity contribution in [1.82, 2.24) is 25.6 Å². The number of carbonyl (C=O) groups excluding carboxylic acids is 1. The summed E-state index contributed by atoms with van der Waals surface area (Å²) in [6, 6.07) is 10.8. The zero-order valence-corrected chi connectivity index (χ0v) is 11.5. The number of tetrazole rings is 1. The Hall–Kier alpha value is -3.69. The lowest BCUT2D eigenvalue weighted by Gasteiger charge is -2.04. The molecule has 1 aromatic carbocycles. The summed E-state index contributed by atoms with van der Waals surface area (Å²) in [4.78, 5) is 26.6. The molecule has 3 rings (SSSR count). The van der Waals surface area contributed by atoms with E-state index >= 15 is 0 Å². The van der Waals surface area contributed by atoms with E-state index in [-0.39, 0.29) is 17.3 Å². The number of nitrogens with one attached hydrogen (secondary N) is 2. The van der Waals surface area contributed by atoms with Gasteiger partial charge in [-0.25, -0.2) is 4.98 Å². The molecule has 1 amide bonds. The van der Waals surface area contributed by atoms with Crippen molar-refractivity contribution in [2.24, 2.45) is 0 Å². The van der Waals surface area contributed by atoms with E-state index in [1.807, 2.05) is 0 Å². The zero-order valence-electron chi connectivity index (χ0n) is 11.5. The van der Waals surface area contributed by atoms with Crippen LogP contribution in [0.2, 0.25) is 0 Å². The van der Waals surface area contributed by atoms with E-state index in [1.165, 1.54) is 18.2 Å². The monoisotopic (exact) mass is 311 g/mol. The van der Waals surface area contributed by atoms with Crippen molar-refractivity contribution in [3.8, 4) is 11.3 Å². The average molecular weight is 311 g/mol. The number of carbonyl (C=O) groups is 1. The lowest BCUT2D eigenvalue weighted by Crippen LogP contribution is -2.14. The Morgan fingerprint density at radius 2 is 2.04 bits per heavy atom. The number of nitro groups is 1. The summed E-state index contributed by atoms with van der Waals surface area (Å²) < 4.78 is 0. The molecular weight excluding hydrogens is 302 g/mol. The summed E-state index contributed by atoms with van der Waals surface area (Å²) in [5.74, 6) is -0.490. The lowest BCUT2D eigenvalue weighted by molar-refractivity contribution is -0.384. The summed E-state index contributed by atoms with van der Waals surface area (Å²) in [6.45, 7) is 0. The van der Waals surface area contributed by atoms with Gasteiger partial charge in [0.2, 0.25) is 0 Å². The van der Waals surface area contributed by atoms with Crippen LogP contribution in [0.15, 0.2) is 42.5 Å². The van der Waals surface area contributed by atoms with Crippen LogP contribution < -0.4 is 5.32 Å². The molecule has 3 aromatic rings. The highest BCUT2D eigenvalue weighted by Crippen LogP contribution is 2.22. The van der Waals surface area contributed by atoms with E-state index in [9.17, 15) is 14.9 Å². The number of H-pyrrole nitrogens is 1. The standard InChI is InChI=1S/C13H9N7O3/c21-12(15-13-16-18-19-17-13)11-6-2-5-10(14-11)8-3-1-4-9(7-8)20(22)23/h1-7H,(H2,15,16,17,18,19,21). The van der Waals surface area contributed by atoms with Gasteiger partial charge in [0.15, 0.2) is 0 Å². The van der Waals surface area contributed by atoms with Gasteiger partial charge in [-0.05, 0) is 17.3 Å². The minimum atomic E-state index is -0.515. The van der Waals surface area contributed by atoms with Crippen LogP contribution in [-0.4, -0.2) is 36.4 Å². The predicted molar refractivity (Wildman–Crippen MR) is 78.5 cm³/mol. The number of benzene rings is 1. The third-order valence-corrected chi connectivity index (χ3v) is 2.91. The van der Waals surface area contributed by atoms with Gasteiger partial charge < -0.3 is 0 Å². The van der Waals surface area contributed by atoms with E-state index in [0.717, 1.165) is 0 Å². The highest BCUT2D eigenvalue weighted by molar-refractivity contribution is 6.02. The molecule has 2 N–H and O–H groups in total. The third-order valence-electron chi connectivity index (χ3n) is 2.91. The molecule has 2 aromatic heterocycles. The van der Waals surface area contributed by atoms with Crippen molar-refractivity contribution >= 4 is 17.5 Å². The number of anilines is 1. The van der Waals surface area contributed by atoms with Crippen LogP contribution in [-0.2, 0) is 0 Å². The molecule has 0 bridgehead atoms. The fourth-order valence-corrected chi connectivity index (χ4v) is 1.88. The summed E-state index contributed by atoms with van der Waals surface area (Å²) in [6.07, 6.45) is 0. The molecule has 10 heteroatoms. The number of non-ortho nitro benzene ring substituents is 1. The lowest BCUT2D eigenvalue weighted by atomic mass is 10.1. The van der Waals surface area contributed by atoms with E-state index in [4.69, 9.17) is 0 Å². The van der Waals surface area contributed by atoms with Crippen molar-refractivity contribution in [2.45, 2.75) is 0 Å². The Labute approximate surface area is 128 Å². The fraction of sp³-hybridized carbons (Fsp3) is 0. The van der Waals surface area contributed by atoms with Crippen molar-refractivity contribution in [2.75, 3.05) is 5.32 Å². The molecule has 0 atom stereocenters. The average Bonchev–Trinajstić information content (AvgIpc) is 3.08. The van der Waals surface area contributed by atoms with Gasteiger partial charge in [0, 0.05) is 17.7 Å². The third kappa shape index (κ3) is 3.15. The maximum atomic E-state index is 12.1. The molecule has 0 unspecified atom stereocenters. The van der Waals surface area contributed by atoms with Gasteiger partial charge in [-0.15, -0.1) is 5.10 Å². The molecule has 0 fully saturated rings. The number of hydrogen-bond donors (Lipinski definition) is 2. The van der Waals surface area contributed by atoms with Gasteiger partial charge in [-0.2, -0.15) is 5.21 Å². The fourth-order valence-electron chi connectivity index (χ4n) is 1.88. The maximum absolute atomic E-state index is 12.1. The SMILES string of the molecule is O=C(Nc1nn[nH]n1)c1cccc(-c2cccc([N+](=O)[O-])c2)n1. The largest absolute Gasteiger partial charge is 0.286 e. The van der Waals surface area contributed by atoms with Crippen molar-refractivity contribution in [1.29, 1.82) is 0 Å². The first-order valence-electron chi connectivity index (χ1n) is 6.40. The number of rotatable bonds is 4. The Kier molecular flexibility index (Phi) is 3.70. The van der Waals surface area contributed by atoms with Crippen LogP contribution in [0.5, 0.6) is 0 Å². The van der Waals surface area contributed by atoms with Crippen LogP contribution in [0.3, 0.4) is 0 Å². The number of amides is 1. The van der Waals surface area contributed by atoms with Gasteiger partial charge >= 0.3 is 0 Å². The molecule has 10 nitrogen and oxygen atoms in total. The van der Waals surface area contributed by atoms with Crippen LogP contribution in [0, 0.1) is 10.1 Å². The number of nitro benzene ring substituents is 1. The highest BCUT2D eigenvalue weighted by atomic mass is 16.6. The number of nitrogens with zero attached hydrogens (tertiary/aromatic N) is 5. The van der Waals surface area contributed by atoms with Gasteiger partial charge in [-0.3, -0.25) is 20.2 Å². The molecule has 0 aliphatic heterocycles. The van der Waals surface area contributed by atoms with E-state index in [1.54, 1.807) is 24.3 Å². The molecule has 114 valence electrons. The minimum Gasteiger partial charge on any atom is -0.286 e. The zero-order chi connectivity index (χ0) is 16.2. The molecule has 0 aliphatic carbocycles. The molecule has 0 saturated heterocycles. The summed E-state index contributed by atoms with van der Waals surface area (Å²) >= 11 is 0. The second-order valence-electron chi connectivity index (χ2n) is 4.41.